The topological polar surface area (TPSA) is 63.7 Å². The van der Waals surface area contributed by atoms with Gasteiger partial charge in [-0.25, -0.2) is 12.7 Å². The van der Waals surface area contributed by atoms with Crippen molar-refractivity contribution in [3.63, 3.8) is 0 Å². The van der Waals surface area contributed by atoms with E-state index in [1.165, 1.54) is 23.5 Å². The average Bonchev–Trinajstić information content (AvgIpc) is 3.06. The van der Waals surface area contributed by atoms with Crippen molar-refractivity contribution in [2.75, 3.05) is 13.6 Å². The Bertz CT molecular complexity index is 807. The van der Waals surface area contributed by atoms with Crippen molar-refractivity contribution < 1.29 is 17.9 Å². The zero-order valence-electron chi connectivity index (χ0n) is 12.7. The molecule has 0 radical (unpaired) electrons. The van der Waals surface area contributed by atoms with Crippen LogP contribution in [0.15, 0.2) is 39.9 Å². The molecule has 1 aromatic heterocycles. The van der Waals surface area contributed by atoms with Gasteiger partial charge < -0.3 is 4.74 Å². The second-order valence-electron chi connectivity index (χ2n) is 4.91. The number of hydrogen-bond acceptors (Lipinski definition) is 5. The summed E-state index contributed by atoms with van der Waals surface area (Å²) in [4.78, 5) is 11.8. The van der Waals surface area contributed by atoms with Crippen molar-refractivity contribution in [3.8, 4) is 5.75 Å². The van der Waals surface area contributed by atoms with Gasteiger partial charge in [0.2, 0.25) is 0 Å². The largest absolute Gasteiger partial charge is 0.426 e. The molecule has 24 heavy (non-hydrogen) atoms. The molecule has 2 rings (SSSR count). The molecule has 0 aliphatic heterocycles. The van der Waals surface area contributed by atoms with Gasteiger partial charge in [-0.3, -0.25) is 4.79 Å². The van der Waals surface area contributed by atoms with Crippen LogP contribution in [-0.4, -0.2) is 32.3 Å². The monoisotopic (exact) mass is 407 g/mol. The lowest BCUT2D eigenvalue weighted by Crippen LogP contribution is -2.28. The Kier molecular flexibility index (Phi) is 6.65. The minimum atomic E-state index is -3.50. The Hall–Kier alpha value is -1.12. The highest BCUT2D eigenvalue weighted by atomic mass is 35.5. The van der Waals surface area contributed by atoms with E-state index in [4.69, 9.17) is 27.9 Å². The van der Waals surface area contributed by atoms with Crippen LogP contribution in [0.5, 0.6) is 5.75 Å². The van der Waals surface area contributed by atoms with Gasteiger partial charge in [-0.1, -0.05) is 29.3 Å². The summed E-state index contributed by atoms with van der Waals surface area (Å²) in [6, 6.07) is 7.76. The highest BCUT2D eigenvalue weighted by Crippen LogP contribution is 2.26. The third-order valence-electron chi connectivity index (χ3n) is 3.14. The third kappa shape index (κ3) is 4.94. The van der Waals surface area contributed by atoms with E-state index in [2.05, 4.69) is 0 Å². The summed E-state index contributed by atoms with van der Waals surface area (Å²) in [7, 11) is -2.01. The zero-order valence-corrected chi connectivity index (χ0v) is 15.9. The van der Waals surface area contributed by atoms with Crippen LogP contribution in [0, 0.1) is 0 Å². The molecule has 0 unspecified atom stereocenters. The van der Waals surface area contributed by atoms with Crippen LogP contribution >= 0.6 is 34.5 Å². The molecule has 0 N–H and O–H groups in total. The molecule has 0 aliphatic rings. The molecule has 5 nitrogen and oxygen atoms in total. The van der Waals surface area contributed by atoms with E-state index in [1.807, 2.05) is 0 Å². The van der Waals surface area contributed by atoms with E-state index < -0.39 is 16.0 Å². The average molecular weight is 408 g/mol. The predicted octanol–water partition coefficient (Wildman–Crippen LogP) is 4.06. The van der Waals surface area contributed by atoms with Crippen LogP contribution in [-0.2, 0) is 14.8 Å². The van der Waals surface area contributed by atoms with Crippen LogP contribution in [0.3, 0.4) is 0 Å². The number of carbonyl (C=O) groups is 1. The van der Waals surface area contributed by atoms with Crippen LogP contribution in [0.25, 0.3) is 0 Å². The molecule has 2 aromatic rings. The highest BCUT2D eigenvalue weighted by molar-refractivity contribution is 7.91. The third-order valence-corrected chi connectivity index (χ3v) is 7.11. The summed E-state index contributed by atoms with van der Waals surface area (Å²) in [5, 5.41) is 2.37. The number of nitrogens with zero attached hydrogens (tertiary/aromatic N) is 1. The molecule has 0 aliphatic carbocycles. The lowest BCUT2D eigenvalue weighted by molar-refractivity contribution is -0.134. The van der Waals surface area contributed by atoms with Crippen molar-refractivity contribution in [1.82, 2.24) is 4.31 Å². The summed E-state index contributed by atoms with van der Waals surface area (Å²) in [6.07, 6.45) is 0.436. The number of thiophene rings is 1. The molecule has 130 valence electrons. The Morgan fingerprint density at radius 2 is 2.00 bits per heavy atom. The van der Waals surface area contributed by atoms with Crippen LogP contribution < -0.4 is 4.74 Å². The Labute approximate surface area is 154 Å². The molecule has 0 fully saturated rings. The summed E-state index contributed by atoms with van der Waals surface area (Å²) in [6.45, 7) is 0.219. The number of hydrogen-bond donors (Lipinski definition) is 0. The van der Waals surface area contributed by atoms with Gasteiger partial charge in [0.05, 0.1) is 10.0 Å². The maximum absolute atomic E-state index is 12.2. The van der Waals surface area contributed by atoms with Crippen molar-refractivity contribution in [1.29, 1.82) is 0 Å². The molecule has 0 saturated heterocycles. The minimum absolute atomic E-state index is 0.0878. The lowest BCUT2D eigenvalue weighted by Gasteiger charge is -2.15. The van der Waals surface area contributed by atoms with E-state index in [0.717, 1.165) is 11.3 Å². The van der Waals surface area contributed by atoms with Crippen LogP contribution in [0.1, 0.15) is 12.8 Å². The first kappa shape index (κ1) is 19.2. The van der Waals surface area contributed by atoms with E-state index >= 15 is 0 Å². The fraction of sp³-hybridized carbons (Fsp3) is 0.267. The van der Waals surface area contributed by atoms with E-state index in [0.29, 0.717) is 22.2 Å². The molecule has 0 spiro atoms. The maximum Gasteiger partial charge on any atom is 0.311 e. The SMILES string of the molecule is CN(CCCC(=O)Oc1ccc(Cl)c(Cl)c1)S(=O)(=O)c1cccs1. The van der Waals surface area contributed by atoms with E-state index in [1.54, 1.807) is 23.6 Å². The first-order chi connectivity index (χ1) is 11.3. The second kappa shape index (κ2) is 8.31. The zero-order chi connectivity index (χ0) is 17.7. The number of rotatable bonds is 7. The van der Waals surface area contributed by atoms with Crippen LogP contribution in [0.4, 0.5) is 0 Å². The van der Waals surface area contributed by atoms with Gasteiger partial charge in [0.1, 0.15) is 9.96 Å². The maximum atomic E-state index is 12.2. The molecule has 0 bridgehead atoms. The fourth-order valence-corrected chi connectivity index (χ4v) is 4.55. The summed E-state index contributed by atoms with van der Waals surface area (Å²) in [5.41, 5.74) is 0. The van der Waals surface area contributed by atoms with Gasteiger partial charge in [-0.15, -0.1) is 11.3 Å². The number of esters is 1. The van der Waals surface area contributed by atoms with Crippen molar-refractivity contribution in [2.45, 2.75) is 17.1 Å². The number of halogens is 2. The molecule has 0 amide bonds. The Balaban J connectivity index is 1.83. The van der Waals surface area contributed by atoms with Crippen molar-refractivity contribution in [3.05, 3.63) is 45.8 Å². The molecular formula is C15H15Cl2NO4S2. The lowest BCUT2D eigenvalue weighted by atomic mass is 10.3. The molecule has 1 aromatic carbocycles. The standard InChI is InChI=1S/C15H15Cl2NO4S2/c1-18(24(20,21)15-5-3-9-23-15)8-2-4-14(19)22-11-6-7-12(16)13(17)10-11/h3,5-7,9-10H,2,4,8H2,1H3. The first-order valence-electron chi connectivity index (χ1n) is 6.96. The second-order valence-corrected chi connectivity index (χ2v) is 8.95. The van der Waals surface area contributed by atoms with Crippen molar-refractivity contribution >= 4 is 50.5 Å². The minimum Gasteiger partial charge on any atom is -0.426 e. The van der Waals surface area contributed by atoms with Gasteiger partial charge in [-0.05, 0) is 30.0 Å². The molecular weight excluding hydrogens is 393 g/mol. The number of ether oxygens (including phenoxy) is 1. The number of sulfonamides is 1. The highest BCUT2D eigenvalue weighted by Gasteiger charge is 2.21. The predicted molar refractivity (Wildman–Crippen MR) is 95.5 cm³/mol. The van der Waals surface area contributed by atoms with Gasteiger partial charge in [0.15, 0.2) is 0 Å². The molecule has 0 saturated carbocycles. The number of carbonyl (C=O) groups excluding carboxylic acids is 1. The molecule has 1 heterocycles. The van der Waals surface area contributed by atoms with Gasteiger partial charge in [-0.2, -0.15) is 0 Å². The molecule has 9 heteroatoms. The first-order valence-corrected chi connectivity index (χ1v) is 10.0. The van der Waals surface area contributed by atoms with E-state index in [9.17, 15) is 13.2 Å². The normalized spacial score (nSPS) is 11.7. The fourth-order valence-electron chi connectivity index (χ4n) is 1.85. The van der Waals surface area contributed by atoms with E-state index in [-0.39, 0.29) is 17.2 Å². The Morgan fingerprint density at radius 1 is 1.25 bits per heavy atom. The smallest absolute Gasteiger partial charge is 0.311 e. The Morgan fingerprint density at radius 3 is 2.62 bits per heavy atom. The summed E-state index contributed by atoms with van der Waals surface area (Å²) in [5.74, 6) is -0.163. The quantitative estimate of drug-likeness (QED) is 0.512. The van der Waals surface area contributed by atoms with Gasteiger partial charge in [0, 0.05) is 26.1 Å². The van der Waals surface area contributed by atoms with Crippen molar-refractivity contribution in [2.24, 2.45) is 0 Å². The number of benzene rings is 1. The summed E-state index contributed by atoms with van der Waals surface area (Å²) < 4.78 is 31.1. The van der Waals surface area contributed by atoms with Gasteiger partial charge in [0.25, 0.3) is 10.0 Å². The van der Waals surface area contributed by atoms with Gasteiger partial charge >= 0.3 is 5.97 Å². The summed E-state index contributed by atoms with van der Waals surface area (Å²) >= 11 is 12.8. The molecule has 0 atom stereocenters. The van der Waals surface area contributed by atoms with Crippen LogP contribution in [0.2, 0.25) is 10.0 Å².